The third-order valence-corrected chi connectivity index (χ3v) is 11.7. The van der Waals surface area contributed by atoms with E-state index in [0.29, 0.717) is 10.9 Å². The van der Waals surface area contributed by atoms with Crippen LogP contribution in [0.2, 0.25) is 18.1 Å². The number of thioether (sulfide) groups is 1. The van der Waals surface area contributed by atoms with Crippen LogP contribution in [0.4, 0.5) is 0 Å². The van der Waals surface area contributed by atoms with E-state index in [9.17, 15) is 9.59 Å². The predicted octanol–water partition coefficient (Wildman–Crippen LogP) is 3.01. The van der Waals surface area contributed by atoms with Gasteiger partial charge in [-0.25, -0.2) is 0 Å². The number of carbonyl (C=O) groups is 2. The van der Waals surface area contributed by atoms with Gasteiger partial charge in [-0.1, -0.05) is 51.7 Å². The fourth-order valence-corrected chi connectivity index (χ4v) is 5.71. The minimum atomic E-state index is -1.97. The molecule has 4 atom stereocenters. The molecule has 8 heteroatoms. The third kappa shape index (κ3) is 4.12. The Morgan fingerprint density at radius 3 is 2.44 bits per heavy atom. The molecule has 2 saturated heterocycles. The summed E-state index contributed by atoms with van der Waals surface area (Å²) in [6.45, 7) is 15.4. The lowest BCUT2D eigenvalue weighted by Crippen LogP contribution is -2.67. The maximum absolute atomic E-state index is 12.8. The molecule has 2 heterocycles. The summed E-state index contributed by atoms with van der Waals surface area (Å²) in [4.78, 5) is 26.6. The third-order valence-electron chi connectivity index (χ3n) is 5.75. The maximum Gasteiger partial charge on any atom is 0.232 e. The van der Waals surface area contributed by atoms with E-state index < -0.39 is 8.32 Å². The molecule has 2 aliphatic rings. The molecule has 0 unspecified atom stereocenters. The molecule has 0 aromatic heterocycles. The molecule has 0 spiro atoms. The standard InChI is InChI=1S/C17H30N2O3S2Si/c1-10(15(21)19-8-9-24-16(19)23)13-12(14(20)18-13)11(2)22-25(6,7)17(3,4)5/h10-13H,8-9H2,1-7H3,(H,18,20)/t10-,11-,12-,13-/m1/s1. The molecule has 142 valence electrons. The quantitative estimate of drug-likeness (QED) is 0.435. The van der Waals surface area contributed by atoms with Crippen LogP contribution in [0, 0.1) is 11.8 Å². The molecule has 2 rings (SSSR count). The number of hydrogen-bond acceptors (Lipinski definition) is 5. The fourth-order valence-electron chi connectivity index (χ4n) is 3.07. The highest BCUT2D eigenvalue weighted by Gasteiger charge is 2.51. The molecule has 0 bridgehead atoms. The van der Waals surface area contributed by atoms with Gasteiger partial charge >= 0.3 is 0 Å². The summed E-state index contributed by atoms with van der Waals surface area (Å²) in [5, 5.41) is 3.00. The minimum absolute atomic E-state index is 0.00419. The summed E-state index contributed by atoms with van der Waals surface area (Å²) in [5.41, 5.74) is 0. The van der Waals surface area contributed by atoms with Crippen molar-refractivity contribution in [1.29, 1.82) is 0 Å². The average molecular weight is 403 g/mol. The van der Waals surface area contributed by atoms with Gasteiger partial charge in [0.2, 0.25) is 11.8 Å². The van der Waals surface area contributed by atoms with Crippen LogP contribution in [-0.4, -0.2) is 53.8 Å². The van der Waals surface area contributed by atoms with Crippen LogP contribution in [0.3, 0.4) is 0 Å². The summed E-state index contributed by atoms with van der Waals surface area (Å²) >= 11 is 6.79. The number of rotatable bonds is 5. The Morgan fingerprint density at radius 1 is 1.40 bits per heavy atom. The number of nitrogens with zero attached hydrogens (tertiary/aromatic N) is 1. The highest BCUT2D eigenvalue weighted by Crippen LogP contribution is 2.39. The van der Waals surface area contributed by atoms with Gasteiger partial charge in [0.05, 0.1) is 24.0 Å². The number of carbonyl (C=O) groups excluding carboxylic acids is 2. The van der Waals surface area contributed by atoms with Crippen molar-refractivity contribution in [2.24, 2.45) is 11.8 Å². The van der Waals surface area contributed by atoms with E-state index in [2.05, 4.69) is 39.2 Å². The summed E-state index contributed by atoms with van der Waals surface area (Å²) in [6.07, 6.45) is -0.199. The van der Waals surface area contributed by atoms with Gasteiger partial charge in [0, 0.05) is 12.3 Å². The van der Waals surface area contributed by atoms with Crippen LogP contribution in [0.25, 0.3) is 0 Å². The molecule has 0 aromatic carbocycles. The topological polar surface area (TPSA) is 58.6 Å². The number of amides is 2. The van der Waals surface area contributed by atoms with E-state index in [1.165, 1.54) is 11.8 Å². The molecule has 0 saturated carbocycles. The van der Waals surface area contributed by atoms with E-state index in [1.807, 2.05) is 13.8 Å². The molecule has 0 aromatic rings. The highest BCUT2D eigenvalue weighted by atomic mass is 32.2. The monoisotopic (exact) mass is 402 g/mol. The van der Waals surface area contributed by atoms with Crippen LogP contribution >= 0.6 is 24.0 Å². The molecule has 2 aliphatic heterocycles. The maximum atomic E-state index is 12.8. The van der Waals surface area contributed by atoms with Gasteiger partial charge in [0.15, 0.2) is 8.32 Å². The molecule has 2 amide bonds. The predicted molar refractivity (Wildman–Crippen MR) is 109 cm³/mol. The normalized spacial score (nSPS) is 26.9. The molecule has 2 fully saturated rings. The van der Waals surface area contributed by atoms with Gasteiger partial charge in [-0.3, -0.25) is 14.5 Å². The Labute approximate surface area is 161 Å². The molecule has 0 aliphatic carbocycles. The van der Waals surface area contributed by atoms with Gasteiger partial charge in [-0.15, -0.1) is 0 Å². The van der Waals surface area contributed by atoms with Crippen molar-refractivity contribution < 1.29 is 14.0 Å². The Morgan fingerprint density at radius 2 is 2.00 bits per heavy atom. The fraction of sp³-hybridized carbons (Fsp3) is 0.824. The molecule has 5 nitrogen and oxygen atoms in total. The van der Waals surface area contributed by atoms with Gasteiger partial charge < -0.3 is 9.74 Å². The lowest BCUT2D eigenvalue weighted by atomic mass is 9.78. The summed E-state index contributed by atoms with van der Waals surface area (Å²) in [7, 11) is -1.97. The van der Waals surface area contributed by atoms with Crippen LogP contribution in [0.1, 0.15) is 34.6 Å². The first kappa shape index (κ1) is 20.9. The smallest absolute Gasteiger partial charge is 0.232 e. The zero-order valence-electron chi connectivity index (χ0n) is 16.2. The lowest BCUT2D eigenvalue weighted by molar-refractivity contribution is -0.146. The minimum Gasteiger partial charge on any atom is -0.413 e. The van der Waals surface area contributed by atoms with E-state index in [4.69, 9.17) is 16.6 Å². The molecule has 1 N–H and O–H groups in total. The molecule has 25 heavy (non-hydrogen) atoms. The van der Waals surface area contributed by atoms with E-state index >= 15 is 0 Å². The van der Waals surface area contributed by atoms with Gasteiger partial charge in [-0.2, -0.15) is 0 Å². The zero-order valence-corrected chi connectivity index (χ0v) is 18.8. The van der Waals surface area contributed by atoms with Crippen molar-refractivity contribution in [2.75, 3.05) is 12.3 Å². The average Bonchev–Trinajstić information content (AvgIpc) is 2.87. The summed E-state index contributed by atoms with van der Waals surface area (Å²) in [5.74, 6) is 0.253. The van der Waals surface area contributed by atoms with Crippen LogP contribution in [-0.2, 0) is 14.0 Å². The lowest BCUT2D eigenvalue weighted by Gasteiger charge is -2.47. The summed E-state index contributed by atoms with van der Waals surface area (Å²) in [6, 6.07) is -0.187. The first-order valence-corrected chi connectivity index (χ1v) is 13.1. The first-order chi connectivity index (χ1) is 11.4. The van der Waals surface area contributed by atoms with Crippen molar-refractivity contribution in [3.8, 4) is 0 Å². The van der Waals surface area contributed by atoms with Crippen molar-refractivity contribution in [1.82, 2.24) is 10.2 Å². The second-order valence-corrected chi connectivity index (χ2v) is 15.0. The van der Waals surface area contributed by atoms with Crippen molar-refractivity contribution in [3.63, 3.8) is 0 Å². The van der Waals surface area contributed by atoms with Crippen LogP contribution in [0.5, 0.6) is 0 Å². The zero-order chi connectivity index (χ0) is 19.2. The SMILES string of the molecule is C[C@@H](O[Si](C)(C)C(C)(C)C)[C@H]1C(=O)N[C@@H]1[C@@H](C)C(=O)N1CCSC1=S. The molecular weight excluding hydrogens is 372 g/mol. The Kier molecular flexibility index (Phi) is 6.08. The van der Waals surface area contributed by atoms with Crippen molar-refractivity contribution >= 4 is 48.4 Å². The van der Waals surface area contributed by atoms with E-state index in [-0.39, 0.29) is 40.8 Å². The van der Waals surface area contributed by atoms with Crippen LogP contribution in [0.15, 0.2) is 0 Å². The number of hydrogen-bond donors (Lipinski definition) is 1. The largest absolute Gasteiger partial charge is 0.413 e. The van der Waals surface area contributed by atoms with Crippen molar-refractivity contribution in [2.45, 2.75) is 64.9 Å². The first-order valence-electron chi connectivity index (χ1n) is 8.83. The number of thiocarbonyl (C=S) groups is 1. The number of nitrogens with one attached hydrogen (secondary N) is 1. The van der Waals surface area contributed by atoms with Gasteiger partial charge in [-0.05, 0) is 25.1 Å². The van der Waals surface area contributed by atoms with Crippen molar-refractivity contribution in [3.05, 3.63) is 0 Å². The van der Waals surface area contributed by atoms with Gasteiger partial charge in [0.1, 0.15) is 4.32 Å². The Hall–Kier alpha value is -0.443. The van der Waals surface area contributed by atoms with Gasteiger partial charge in [0.25, 0.3) is 0 Å². The Balaban J connectivity index is 2.06. The second-order valence-electron chi connectivity index (χ2n) is 8.54. The molecule has 0 radical (unpaired) electrons. The van der Waals surface area contributed by atoms with E-state index in [0.717, 1.165) is 5.75 Å². The van der Waals surface area contributed by atoms with E-state index in [1.54, 1.807) is 4.90 Å². The summed E-state index contributed by atoms with van der Waals surface area (Å²) < 4.78 is 7.05. The van der Waals surface area contributed by atoms with Crippen LogP contribution < -0.4 is 5.32 Å². The highest BCUT2D eigenvalue weighted by molar-refractivity contribution is 8.23. The molecular formula is C17H30N2O3S2Si. The Bertz CT molecular complexity index is 577. The number of β-lactam (4-membered cyclic amide) rings is 1. The second kappa shape index (κ2) is 7.29.